The predicted octanol–water partition coefficient (Wildman–Crippen LogP) is 3.35. The lowest BCUT2D eigenvalue weighted by Crippen LogP contribution is -2.27. The SMILES string of the molecule is COc1cc(C#N)c(N2CCCC2)c(C#N)c1OC(=O)OC(C)(C)C. The van der Waals surface area contributed by atoms with Crippen LogP contribution in [0.1, 0.15) is 44.7 Å². The van der Waals surface area contributed by atoms with Crippen LogP contribution in [0.5, 0.6) is 11.5 Å². The molecule has 25 heavy (non-hydrogen) atoms. The second-order valence-corrected chi connectivity index (χ2v) is 6.66. The van der Waals surface area contributed by atoms with Gasteiger partial charge in [0.25, 0.3) is 0 Å². The van der Waals surface area contributed by atoms with Gasteiger partial charge in [0.15, 0.2) is 11.5 Å². The van der Waals surface area contributed by atoms with Gasteiger partial charge in [-0.25, -0.2) is 4.79 Å². The lowest BCUT2D eigenvalue weighted by Gasteiger charge is -2.24. The van der Waals surface area contributed by atoms with Crippen LogP contribution in [0.25, 0.3) is 0 Å². The van der Waals surface area contributed by atoms with E-state index in [0.717, 1.165) is 25.9 Å². The van der Waals surface area contributed by atoms with Gasteiger partial charge in [-0.3, -0.25) is 0 Å². The van der Waals surface area contributed by atoms with E-state index in [1.54, 1.807) is 20.8 Å². The third-order valence-electron chi connectivity index (χ3n) is 3.67. The highest BCUT2D eigenvalue weighted by Gasteiger charge is 2.28. The number of nitriles is 2. The zero-order chi connectivity index (χ0) is 18.6. The Balaban J connectivity index is 2.54. The molecule has 1 saturated heterocycles. The summed E-state index contributed by atoms with van der Waals surface area (Å²) in [5, 5.41) is 19.1. The average Bonchev–Trinajstić information content (AvgIpc) is 3.06. The minimum absolute atomic E-state index is 0.0276. The molecule has 0 aromatic heterocycles. The molecule has 0 aliphatic carbocycles. The van der Waals surface area contributed by atoms with Crippen LogP contribution in [0.3, 0.4) is 0 Å². The first-order chi connectivity index (χ1) is 11.8. The summed E-state index contributed by atoms with van der Waals surface area (Å²) in [4.78, 5) is 14.0. The number of carbonyl (C=O) groups excluding carboxylic acids is 1. The van der Waals surface area contributed by atoms with Crippen molar-refractivity contribution < 1.29 is 19.0 Å². The topological polar surface area (TPSA) is 95.6 Å². The van der Waals surface area contributed by atoms with E-state index in [4.69, 9.17) is 14.2 Å². The minimum Gasteiger partial charge on any atom is -0.493 e. The molecule has 7 nitrogen and oxygen atoms in total. The van der Waals surface area contributed by atoms with E-state index in [1.165, 1.54) is 13.2 Å². The normalized spacial score (nSPS) is 13.8. The summed E-state index contributed by atoms with van der Waals surface area (Å²) in [7, 11) is 1.38. The van der Waals surface area contributed by atoms with Gasteiger partial charge in [0.2, 0.25) is 0 Å². The van der Waals surface area contributed by atoms with Gasteiger partial charge in [-0.2, -0.15) is 10.5 Å². The van der Waals surface area contributed by atoms with E-state index >= 15 is 0 Å². The molecule has 2 rings (SSSR count). The fraction of sp³-hybridized carbons (Fsp3) is 0.500. The summed E-state index contributed by atoms with van der Waals surface area (Å²) < 4.78 is 15.7. The van der Waals surface area contributed by atoms with Crippen LogP contribution in [0.4, 0.5) is 10.5 Å². The summed E-state index contributed by atoms with van der Waals surface area (Å²) in [6, 6.07) is 5.63. The van der Waals surface area contributed by atoms with Crippen molar-refractivity contribution in [3.8, 4) is 23.6 Å². The van der Waals surface area contributed by atoms with Gasteiger partial charge in [0, 0.05) is 19.2 Å². The Morgan fingerprint density at radius 1 is 1.20 bits per heavy atom. The number of hydrogen-bond acceptors (Lipinski definition) is 7. The highest BCUT2D eigenvalue weighted by Crippen LogP contribution is 2.41. The quantitative estimate of drug-likeness (QED) is 0.613. The van der Waals surface area contributed by atoms with E-state index in [-0.39, 0.29) is 17.1 Å². The number of ether oxygens (including phenoxy) is 3. The molecule has 1 aliphatic heterocycles. The maximum Gasteiger partial charge on any atom is 0.514 e. The molecule has 0 saturated carbocycles. The lowest BCUT2D eigenvalue weighted by atomic mass is 10.0. The van der Waals surface area contributed by atoms with Gasteiger partial charge >= 0.3 is 6.16 Å². The maximum atomic E-state index is 12.1. The standard InChI is InChI=1S/C18H21N3O4/c1-18(2,3)25-17(22)24-16-13(11-20)15(21-7-5-6-8-21)12(10-19)9-14(16)23-4/h9H,5-8H2,1-4H3. The number of carbonyl (C=O) groups is 1. The second-order valence-electron chi connectivity index (χ2n) is 6.66. The number of hydrogen-bond donors (Lipinski definition) is 0. The fourth-order valence-electron chi connectivity index (χ4n) is 2.70. The monoisotopic (exact) mass is 343 g/mol. The molecule has 1 heterocycles. The van der Waals surface area contributed by atoms with E-state index in [0.29, 0.717) is 11.3 Å². The highest BCUT2D eigenvalue weighted by molar-refractivity contribution is 5.79. The van der Waals surface area contributed by atoms with Gasteiger partial charge < -0.3 is 19.1 Å². The molecule has 0 radical (unpaired) electrons. The third-order valence-corrected chi connectivity index (χ3v) is 3.67. The maximum absolute atomic E-state index is 12.1. The molecule has 1 aliphatic rings. The molecule has 132 valence electrons. The van der Waals surface area contributed by atoms with E-state index in [2.05, 4.69) is 12.1 Å². The van der Waals surface area contributed by atoms with Crippen LogP contribution in [0, 0.1) is 22.7 Å². The molecule has 1 aromatic carbocycles. The summed E-state index contributed by atoms with van der Waals surface area (Å²) >= 11 is 0. The van der Waals surface area contributed by atoms with Gasteiger partial charge in [0.05, 0.1) is 18.4 Å². The van der Waals surface area contributed by atoms with Crippen LogP contribution < -0.4 is 14.4 Å². The van der Waals surface area contributed by atoms with Crippen molar-refractivity contribution in [2.24, 2.45) is 0 Å². The summed E-state index contributed by atoms with van der Waals surface area (Å²) in [6.07, 6.45) is 1.02. The van der Waals surface area contributed by atoms with Crippen molar-refractivity contribution in [2.75, 3.05) is 25.1 Å². The molecular weight excluding hydrogens is 322 g/mol. The summed E-state index contributed by atoms with van der Waals surface area (Å²) in [5.74, 6) is 0.113. The first-order valence-electron chi connectivity index (χ1n) is 8.01. The molecule has 0 bridgehead atoms. The predicted molar refractivity (Wildman–Crippen MR) is 90.7 cm³/mol. The molecule has 1 fully saturated rings. The van der Waals surface area contributed by atoms with Crippen molar-refractivity contribution in [3.63, 3.8) is 0 Å². The largest absolute Gasteiger partial charge is 0.514 e. The zero-order valence-corrected chi connectivity index (χ0v) is 14.9. The molecule has 0 unspecified atom stereocenters. The number of benzene rings is 1. The Bertz CT molecular complexity index is 748. The molecule has 1 aromatic rings. The Morgan fingerprint density at radius 3 is 2.32 bits per heavy atom. The first-order valence-corrected chi connectivity index (χ1v) is 8.01. The Morgan fingerprint density at radius 2 is 1.84 bits per heavy atom. The average molecular weight is 343 g/mol. The van der Waals surface area contributed by atoms with Crippen molar-refractivity contribution in [1.82, 2.24) is 0 Å². The zero-order valence-electron chi connectivity index (χ0n) is 14.9. The van der Waals surface area contributed by atoms with Crippen LogP contribution in [0.2, 0.25) is 0 Å². The number of rotatable bonds is 3. The van der Waals surface area contributed by atoms with Gasteiger partial charge in [-0.15, -0.1) is 0 Å². The third kappa shape index (κ3) is 4.13. The van der Waals surface area contributed by atoms with Gasteiger partial charge in [0.1, 0.15) is 23.3 Å². The molecule has 7 heteroatoms. The molecule has 0 atom stereocenters. The Labute approximate surface area is 147 Å². The molecular formula is C18H21N3O4. The fourth-order valence-corrected chi connectivity index (χ4v) is 2.70. The number of anilines is 1. The van der Waals surface area contributed by atoms with Crippen molar-refractivity contribution in [1.29, 1.82) is 10.5 Å². The Kier molecular flexibility index (Phi) is 5.38. The van der Waals surface area contributed by atoms with Gasteiger partial charge in [-0.05, 0) is 33.6 Å². The van der Waals surface area contributed by atoms with E-state index < -0.39 is 11.8 Å². The van der Waals surface area contributed by atoms with Crippen LogP contribution in [-0.2, 0) is 4.74 Å². The lowest BCUT2D eigenvalue weighted by molar-refractivity contribution is 0.0200. The number of methoxy groups -OCH3 is 1. The van der Waals surface area contributed by atoms with Crippen LogP contribution in [-0.4, -0.2) is 32.0 Å². The smallest absolute Gasteiger partial charge is 0.493 e. The summed E-state index contributed by atoms with van der Waals surface area (Å²) in [6.45, 7) is 6.62. The van der Waals surface area contributed by atoms with E-state index in [1.807, 2.05) is 4.90 Å². The minimum atomic E-state index is -0.931. The molecule has 0 N–H and O–H groups in total. The van der Waals surface area contributed by atoms with Crippen LogP contribution in [0.15, 0.2) is 6.07 Å². The molecule has 0 spiro atoms. The van der Waals surface area contributed by atoms with Crippen molar-refractivity contribution >= 4 is 11.8 Å². The number of nitrogens with zero attached hydrogens (tertiary/aromatic N) is 3. The van der Waals surface area contributed by atoms with Crippen LogP contribution >= 0.6 is 0 Å². The van der Waals surface area contributed by atoms with Crippen molar-refractivity contribution in [3.05, 3.63) is 17.2 Å². The van der Waals surface area contributed by atoms with E-state index in [9.17, 15) is 15.3 Å². The molecule has 0 amide bonds. The second kappa shape index (κ2) is 7.31. The highest BCUT2D eigenvalue weighted by atomic mass is 16.7. The summed E-state index contributed by atoms with van der Waals surface area (Å²) in [5.41, 5.74) is 0.152. The van der Waals surface area contributed by atoms with Gasteiger partial charge in [-0.1, -0.05) is 0 Å². The van der Waals surface area contributed by atoms with Crippen molar-refractivity contribution in [2.45, 2.75) is 39.2 Å². The Hall–Kier alpha value is -2.93. The first kappa shape index (κ1) is 18.4.